The van der Waals surface area contributed by atoms with Crippen LogP contribution in [-0.4, -0.2) is 35.4 Å². The number of nitrogens with zero attached hydrogens (tertiary/aromatic N) is 2. The van der Waals surface area contributed by atoms with Crippen molar-refractivity contribution >= 4 is 23.2 Å². The molecule has 33 heavy (non-hydrogen) atoms. The third kappa shape index (κ3) is 5.82. The summed E-state index contributed by atoms with van der Waals surface area (Å²) in [5.74, 6) is -0.732. The number of nitro groups is 1. The van der Waals surface area contributed by atoms with Crippen LogP contribution in [0, 0.1) is 10.1 Å². The summed E-state index contributed by atoms with van der Waals surface area (Å²) in [5.41, 5.74) is 0.675. The van der Waals surface area contributed by atoms with Crippen LogP contribution < -0.4 is 20.1 Å². The molecule has 1 aromatic heterocycles. The maximum atomic E-state index is 12.8. The first-order chi connectivity index (χ1) is 15.9. The van der Waals surface area contributed by atoms with E-state index in [1.54, 1.807) is 43.5 Å². The van der Waals surface area contributed by atoms with Crippen molar-refractivity contribution in [2.75, 3.05) is 19.0 Å². The second kappa shape index (κ2) is 10.7. The topological polar surface area (TPSA) is 133 Å². The van der Waals surface area contributed by atoms with Gasteiger partial charge in [0, 0.05) is 23.5 Å². The normalized spacial score (nSPS) is 10.2. The first-order valence-electron chi connectivity index (χ1n) is 10.0. The van der Waals surface area contributed by atoms with Crippen molar-refractivity contribution in [3.05, 3.63) is 87.7 Å². The molecule has 10 heteroatoms. The average Bonchev–Trinajstić information content (AvgIpc) is 2.83. The van der Waals surface area contributed by atoms with Crippen LogP contribution >= 0.6 is 0 Å². The molecule has 0 aliphatic heterocycles. The Labute approximate surface area is 189 Å². The summed E-state index contributed by atoms with van der Waals surface area (Å²) in [7, 11) is 1.37. The smallest absolute Gasteiger partial charge is 0.286 e. The minimum Gasteiger partial charge on any atom is -0.493 e. The molecule has 0 bridgehead atoms. The highest BCUT2D eigenvalue weighted by Gasteiger charge is 2.25. The molecule has 10 nitrogen and oxygen atoms in total. The number of carbonyl (C=O) groups is 2. The van der Waals surface area contributed by atoms with Crippen LogP contribution in [-0.2, 0) is 6.54 Å². The van der Waals surface area contributed by atoms with Crippen LogP contribution in [0.4, 0.5) is 11.4 Å². The molecule has 2 amide bonds. The Morgan fingerprint density at radius 3 is 2.55 bits per heavy atom. The van der Waals surface area contributed by atoms with Gasteiger partial charge >= 0.3 is 0 Å². The number of pyridine rings is 1. The number of anilines is 1. The highest BCUT2D eigenvalue weighted by Crippen LogP contribution is 2.35. The van der Waals surface area contributed by atoms with Crippen molar-refractivity contribution in [2.24, 2.45) is 0 Å². The van der Waals surface area contributed by atoms with E-state index in [1.807, 2.05) is 6.07 Å². The second-order valence-corrected chi connectivity index (χ2v) is 6.75. The lowest BCUT2D eigenvalue weighted by Crippen LogP contribution is -2.23. The van der Waals surface area contributed by atoms with E-state index in [0.29, 0.717) is 16.9 Å². The molecule has 0 saturated carbocycles. The lowest BCUT2D eigenvalue weighted by molar-refractivity contribution is -0.385. The van der Waals surface area contributed by atoms with Gasteiger partial charge in [0.25, 0.3) is 17.5 Å². The summed E-state index contributed by atoms with van der Waals surface area (Å²) in [4.78, 5) is 40.3. The first-order valence-corrected chi connectivity index (χ1v) is 10.0. The largest absolute Gasteiger partial charge is 0.493 e. The first kappa shape index (κ1) is 23.2. The van der Waals surface area contributed by atoms with E-state index in [0.717, 1.165) is 6.07 Å². The molecule has 3 aromatic rings. The van der Waals surface area contributed by atoms with E-state index >= 15 is 0 Å². The summed E-state index contributed by atoms with van der Waals surface area (Å²) >= 11 is 0. The van der Waals surface area contributed by atoms with Gasteiger partial charge in [0.05, 0.1) is 36.9 Å². The van der Waals surface area contributed by atoms with Gasteiger partial charge < -0.3 is 20.1 Å². The Bertz CT molecular complexity index is 1170. The molecule has 0 radical (unpaired) electrons. The third-order valence-corrected chi connectivity index (χ3v) is 4.56. The van der Waals surface area contributed by atoms with Crippen LogP contribution in [0.1, 0.15) is 33.3 Å². The number of aromatic nitrogens is 1. The number of nitro benzene ring substituents is 1. The number of methoxy groups -OCH3 is 1. The Morgan fingerprint density at radius 1 is 1.06 bits per heavy atom. The molecule has 2 N–H and O–H groups in total. The fraction of sp³-hybridized carbons (Fsp3) is 0.174. The molecule has 0 unspecified atom stereocenters. The van der Waals surface area contributed by atoms with Gasteiger partial charge in [-0.05, 0) is 37.3 Å². The molecule has 0 aliphatic carbocycles. The Hall–Kier alpha value is -4.47. The molecule has 3 rings (SSSR count). The van der Waals surface area contributed by atoms with E-state index in [4.69, 9.17) is 9.47 Å². The van der Waals surface area contributed by atoms with Crippen molar-refractivity contribution in [1.29, 1.82) is 0 Å². The molecule has 170 valence electrons. The summed E-state index contributed by atoms with van der Waals surface area (Å²) < 4.78 is 10.6. The Morgan fingerprint density at radius 2 is 1.88 bits per heavy atom. The summed E-state index contributed by atoms with van der Waals surface area (Å²) in [6, 6.07) is 14.0. The van der Waals surface area contributed by atoms with Gasteiger partial charge in [-0.2, -0.15) is 0 Å². The van der Waals surface area contributed by atoms with Crippen LogP contribution in [0.2, 0.25) is 0 Å². The van der Waals surface area contributed by atoms with Gasteiger partial charge in [-0.15, -0.1) is 0 Å². The summed E-state index contributed by atoms with van der Waals surface area (Å²) in [6.07, 6.45) is 1.63. The second-order valence-electron chi connectivity index (χ2n) is 6.75. The van der Waals surface area contributed by atoms with Gasteiger partial charge in [0.15, 0.2) is 11.5 Å². The number of amides is 2. The van der Waals surface area contributed by atoms with Crippen molar-refractivity contribution in [3.8, 4) is 11.5 Å². The van der Waals surface area contributed by atoms with E-state index in [-0.39, 0.29) is 36.1 Å². The van der Waals surface area contributed by atoms with Gasteiger partial charge in [0.2, 0.25) is 0 Å². The van der Waals surface area contributed by atoms with Crippen molar-refractivity contribution in [1.82, 2.24) is 10.3 Å². The summed E-state index contributed by atoms with van der Waals surface area (Å²) in [5, 5.41) is 16.9. The predicted molar refractivity (Wildman–Crippen MR) is 121 cm³/mol. The van der Waals surface area contributed by atoms with Gasteiger partial charge in [0.1, 0.15) is 5.56 Å². The van der Waals surface area contributed by atoms with Crippen molar-refractivity contribution in [3.63, 3.8) is 0 Å². The molecule has 0 saturated heterocycles. The molecule has 1 heterocycles. The van der Waals surface area contributed by atoms with Gasteiger partial charge in [-0.1, -0.05) is 12.1 Å². The Kier molecular flexibility index (Phi) is 7.53. The third-order valence-electron chi connectivity index (χ3n) is 4.56. The number of ether oxygens (including phenoxy) is 2. The number of hydrogen-bond donors (Lipinski definition) is 2. The lowest BCUT2D eigenvalue weighted by atomic mass is 10.1. The summed E-state index contributed by atoms with van der Waals surface area (Å²) in [6.45, 7) is 2.24. The average molecular weight is 450 g/mol. The molecular formula is C23H22N4O6. The fourth-order valence-electron chi connectivity index (χ4n) is 3.02. The number of hydrogen-bond acceptors (Lipinski definition) is 7. The SMILES string of the molecule is CCOc1cc([N+](=O)[O-])c(C(=O)Nc2cccc(C(=O)NCc3ccccn3)c2)cc1OC. The molecule has 0 aliphatic rings. The van der Waals surface area contributed by atoms with Crippen molar-refractivity contribution in [2.45, 2.75) is 13.5 Å². The lowest BCUT2D eigenvalue weighted by Gasteiger charge is -2.12. The number of carbonyl (C=O) groups excluding carboxylic acids is 2. The molecule has 0 spiro atoms. The standard InChI is InChI=1S/C23H22N4O6/c1-3-33-21-13-19(27(30)31)18(12-20(21)32-2)23(29)26-16-9-6-7-15(11-16)22(28)25-14-17-8-4-5-10-24-17/h4-13H,3,14H2,1-2H3,(H,25,28)(H,26,29). The van der Waals surface area contributed by atoms with Crippen molar-refractivity contribution < 1.29 is 24.0 Å². The highest BCUT2D eigenvalue weighted by atomic mass is 16.6. The van der Waals surface area contributed by atoms with Gasteiger partial charge in [-0.25, -0.2) is 0 Å². The Balaban J connectivity index is 1.79. The van der Waals surface area contributed by atoms with Gasteiger partial charge in [-0.3, -0.25) is 24.7 Å². The number of benzene rings is 2. The number of nitrogens with one attached hydrogen (secondary N) is 2. The van der Waals surface area contributed by atoms with E-state index in [1.165, 1.54) is 19.2 Å². The zero-order valence-corrected chi connectivity index (χ0v) is 18.0. The molecular weight excluding hydrogens is 428 g/mol. The molecule has 2 aromatic carbocycles. The molecule has 0 atom stereocenters. The zero-order valence-electron chi connectivity index (χ0n) is 18.0. The number of rotatable bonds is 9. The van der Waals surface area contributed by atoms with E-state index in [9.17, 15) is 19.7 Å². The molecule has 0 fully saturated rings. The van der Waals surface area contributed by atoms with Crippen LogP contribution in [0.5, 0.6) is 11.5 Å². The van der Waals surface area contributed by atoms with E-state index in [2.05, 4.69) is 15.6 Å². The highest BCUT2D eigenvalue weighted by molar-refractivity contribution is 6.08. The maximum Gasteiger partial charge on any atom is 0.286 e. The minimum atomic E-state index is -0.728. The predicted octanol–water partition coefficient (Wildman–Crippen LogP) is 3.58. The minimum absolute atomic E-state index is 0.162. The van der Waals surface area contributed by atoms with Crippen LogP contribution in [0.15, 0.2) is 60.8 Å². The maximum absolute atomic E-state index is 12.8. The monoisotopic (exact) mass is 450 g/mol. The fourth-order valence-corrected chi connectivity index (χ4v) is 3.02. The quantitative estimate of drug-likeness (QED) is 0.376. The van der Waals surface area contributed by atoms with E-state index < -0.39 is 16.5 Å². The van der Waals surface area contributed by atoms with Crippen LogP contribution in [0.25, 0.3) is 0 Å². The van der Waals surface area contributed by atoms with Crippen LogP contribution in [0.3, 0.4) is 0 Å². The zero-order chi connectivity index (χ0) is 23.8.